The Labute approximate surface area is 88.7 Å². The van der Waals surface area contributed by atoms with Crippen LogP contribution in [0.2, 0.25) is 0 Å². The van der Waals surface area contributed by atoms with Crippen LogP contribution in [0, 0.1) is 0 Å². The first-order valence-corrected chi connectivity index (χ1v) is 3.83. The SMILES string of the molecule is CN(C)C(=O)c1cccc(N)c1O.Cl. The van der Waals surface area contributed by atoms with Gasteiger partial charge in [-0.3, -0.25) is 4.79 Å². The fraction of sp³-hybridized carbons (Fsp3) is 0.222. The number of nitrogens with zero attached hydrogens (tertiary/aromatic N) is 1. The maximum Gasteiger partial charge on any atom is 0.257 e. The molecule has 0 aliphatic heterocycles. The molecule has 4 nitrogen and oxygen atoms in total. The number of carbonyl (C=O) groups excluding carboxylic acids is 1. The smallest absolute Gasteiger partial charge is 0.257 e. The Balaban J connectivity index is 0.00000169. The molecule has 5 heteroatoms. The molecule has 1 aromatic carbocycles. The van der Waals surface area contributed by atoms with Crippen LogP contribution < -0.4 is 5.73 Å². The molecular formula is C9H13ClN2O2. The van der Waals surface area contributed by atoms with Crippen molar-refractivity contribution < 1.29 is 9.90 Å². The van der Waals surface area contributed by atoms with E-state index < -0.39 is 0 Å². The zero-order valence-corrected chi connectivity index (χ0v) is 8.84. The van der Waals surface area contributed by atoms with Crippen molar-refractivity contribution in [1.29, 1.82) is 0 Å². The van der Waals surface area contributed by atoms with E-state index in [0.29, 0.717) is 0 Å². The van der Waals surface area contributed by atoms with Crippen LogP contribution in [0.25, 0.3) is 0 Å². The summed E-state index contributed by atoms with van der Waals surface area (Å²) in [5.74, 6) is -0.411. The lowest BCUT2D eigenvalue weighted by Crippen LogP contribution is -2.21. The molecule has 0 bridgehead atoms. The van der Waals surface area contributed by atoms with Crippen LogP contribution in [0.4, 0.5) is 5.69 Å². The number of phenols is 1. The van der Waals surface area contributed by atoms with E-state index in [1.807, 2.05) is 0 Å². The molecule has 0 heterocycles. The number of halogens is 1. The summed E-state index contributed by atoms with van der Waals surface area (Å²) in [6.07, 6.45) is 0. The number of carbonyl (C=O) groups is 1. The van der Waals surface area contributed by atoms with Crippen LogP contribution >= 0.6 is 12.4 Å². The molecule has 0 aromatic heterocycles. The molecule has 0 radical (unpaired) electrons. The third-order valence-electron chi connectivity index (χ3n) is 1.70. The van der Waals surface area contributed by atoms with E-state index in [0.717, 1.165) is 0 Å². The second kappa shape index (κ2) is 4.72. The minimum Gasteiger partial charge on any atom is -0.505 e. The maximum absolute atomic E-state index is 11.4. The summed E-state index contributed by atoms with van der Waals surface area (Å²) < 4.78 is 0. The fourth-order valence-corrected chi connectivity index (χ4v) is 0.975. The molecule has 0 aliphatic rings. The summed E-state index contributed by atoms with van der Waals surface area (Å²) >= 11 is 0. The Bertz CT molecular complexity index is 340. The summed E-state index contributed by atoms with van der Waals surface area (Å²) in [5, 5.41) is 9.44. The van der Waals surface area contributed by atoms with E-state index in [4.69, 9.17) is 5.73 Å². The average Bonchev–Trinajstić information content (AvgIpc) is 2.08. The summed E-state index contributed by atoms with van der Waals surface area (Å²) in [6, 6.07) is 4.71. The number of aromatic hydroxyl groups is 1. The predicted octanol–water partition coefficient (Wildman–Crippen LogP) is 1.10. The molecule has 0 spiro atoms. The minimum absolute atomic E-state index is 0. The Kier molecular flexibility index (Phi) is 4.24. The quantitative estimate of drug-likeness (QED) is 0.546. The van der Waals surface area contributed by atoms with Gasteiger partial charge in [-0.25, -0.2) is 0 Å². The largest absolute Gasteiger partial charge is 0.505 e. The number of para-hydroxylation sites is 1. The highest BCUT2D eigenvalue weighted by Gasteiger charge is 2.13. The second-order valence-electron chi connectivity index (χ2n) is 2.94. The summed E-state index contributed by atoms with van der Waals surface area (Å²) in [4.78, 5) is 12.8. The molecule has 1 aromatic rings. The molecule has 1 amide bonds. The third kappa shape index (κ3) is 2.29. The lowest BCUT2D eigenvalue weighted by Gasteiger charge is -2.11. The molecule has 0 saturated heterocycles. The number of rotatable bonds is 1. The molecule has 0 aliphatic carbocycles. The lowest BCUT2D eigenvalue weighted by molar-refractivity contribution is 0.0825. The van der Waals surface area contributed by atoms with Crippen LogP contribution in [0.15, 0.2) is 18.2 Å². The number of phenolic OH excluding ortho intramolecular Hbond substituents is 1. The molecule has 0 saturated carbocycles. The highest BCUT2D eigenvalue weighted by atomic mass is 35.5. The van der Waals surface area contributed by atoms with E-state index in [9.17, 15) is 9.90 Å². The van der Waals surface area contributed by atoms with Crippen molar-refractivity contribution in [2.24, 2.45) is 0 Å². The van der Waals surface area contributed by atoms with Gasteiger partial charge < -0.3 is 15.7 Å². The predicted molar refractivity (Wildman–Crippen MR) is 57.8 cm³/mol. The first kappa shape index (κ1) is 12.6. The average molecular weight is 217 g/mol. The molecule has 0 fully saturated rings. The van der Waals surface area contributed by atoms with Crippen molar-refractivity contribution in [2.45, 2.75) is 0 Å². The first-order valence-electron chi connectivity index (χ1n) is 3.83. The van der Waals surface area contributed by atoms with Gasteiger partial charge in [-0.05, 0) is 12.1 Å². The van der Waals surface area contributed by atoms with Gasteiger partial charge in [0, 0.05) is 14.1 Å². The second-order valence-corrected chi connectivity index (χ2v) is 2.94. The number of hydrogen-bond acceptors (Lipinski definition) is 3. The van der Waals surface area contributed by atoms with Gasteiger partial charge in [0.2, 0.25) is 0 Å². The van der Waals surface area contributed by atoms with Crippen LogP contribution in [-0.4, -0.2) is 30.0 Å². The highest BCUT2D eigenvalue weighted by molar-refractivity contribution is 5.98. The van der Waals surface area contributed by atoms with Gasteiger partial charge >= 0.3 is 0 Å². The highest BCUT2D eigenvalue weighted by Crippen LogP contribution is 2.24. The zero-order valence-electron chi connectivity index (χ0n) is 8.02. The maximum atomic E-state index is 11.4. The van der Waals surface area contributed by atoms with E-state index in [2.05, 4.69) is 0 Å². The van der Waals surface area contributed by atoms with Crippen molar-refractivity contribution in [3.8, 4) is 5.75 Å². The van der Waals surface area contributed by atoms with Crippen molar-refractivity contribution in [1.82, 2.24) is 4.90 Å². The molecule has 78 valence electrons. The van der Waals surface area contributed by atoms with Crippen LogP contribution in [0.1, 0.15) is 10.4 Å². The normalized spacial score (nSPS) is 9.00. The molecule has 1 rings (SSSR count). The zero-order chi connectivity index (χ0) is 10.0. The number of hydrogen-bond donors (Lipinski definition) is 2. The lowest BCUT2D eigenvalue weighted by atomic mass is 10.1. The van der Waals surface area contributed by atoms with Crippen molar-refractivity contribution >= 4 is 24.0 Å². The summed E-state index contributed by atoms with van der Waals surface area (Å²) in [6.45, 7) is 0. The van der Waals surface area contributed by atoms with Crippen LogP contribution in [-0.2, 0) is 0 Å². The van der Waals surface area contributed by atoms with Crippen LogP contribution in [0.5, 0.6) is 5.75 Å². The number of amides is 1. The van der Waals surface area contributed by atoms with Gasteiger partial charge in [0.15, 0.2) is 5.75 Å². The van der Waals surface area contributed by atoms with Gasteiger partial charge in [0.05, 0.1) is 11.3 Å². The van der Waals surface area contributed by atoms with Crippen molar-refractivity contribution in [2.75, 3.05) is 19.8 Å². The molecular weight excluding hydrogens is 204 g/mol. The molecule has 0 unspecified atom stereocenters. The fourth-order valence-electron chi connectivity index (χ4n) is 0.975. The third-order valence-corrected chi connectivity index (χ3v) is 1.70. The number of nitrogen functional groups attached to an aromatic ring is 1. The van der Waals surface area contributed by atoms with Gasteiger partial charge in [-0.2, -0.15) is 0 Å². The van der Waals surface area contributed by atoms with E-state index in [1.165, 1.54) is 11.0 Å². The monoisotopic (exact) mass is 216 g/mol. The van der Waals surface area contributed by atoms with E-state index in [1.54, 1.807) is 26.2 Å². The standard InChI is InChI=1S/C9H12N2O2.ClH/c1-11(2)9(13)6-4-3-5-7(10)8(6)12;/h3-5,12H,10H2,1-2H3;1H. The molecule has 0 atom stereocenters. The molecule has 14 heavy (non-hydrogen) atoms. The van der Waals surface area contributed by atoms with E-state index in [-0.39, 0.29) is 35.3 Å². The van der Waals surface area contributed by atoms with Gasteiger partial charge in [0.25, 0.3) is 5.91 Å². The van der Waals surface area contributed by atoms with Gasteiger partial charge in [-0.1, -0.05) is 6.07 Å². The number of anilines is 1. The Morgan fingerprint density at radius 2 is 2.00 bits per heavy atom. The summed E-state index contributed by atoms with van der Waals surface area (Å²) in [7, 11) is 3.23. The van der Waals surface area contributed by atoms with Crippen LogP contribution in [0.3, 0.4) is 0 Å². The number of benzene rings is 1. The number of nitrogens with two attached hydrogens (primary N) is 1. The van der Waals surface area contributed by atoms with Crippen molar-refractivity contribution in [3.63, 3.8) is 0 Å². The van der Waals surface area contributed by atoms with Gasteiger partial charge in [-0.15, -0.1) is 12.4 Å². The summed E-state index contributed by atoms with van der Waals surface area (Å²) in [5.41, 5.74) is 5.88. The Hall–Kier alpha value is -1.42. The Morgan fingerprint density at radius 3 is 2.50 bits per heavy atom. The topological polar surface area (TPSA) is 66.6 Å². The molecule has 3 N–H and O–H groups in total. The minimum atomic E-state index is -0.259. The van der Waals surface area contributed by atoms with E-state index >= 15 is 0 Å². The Morgan fingerprint density at radius 1 is 1.43 bits per heavy atom. The van der Waals surface area contributed by atoms with Gasteiger partial charge in [0.1, 0.15) is 0 Å². The first-order chi connectivity index (χ1) is 6.04. The van der Waals surface area contributed by atoms with Crippen molar-refractivity contribution in [3.05, 3.63) is 23.8 Å².